The summed E-state index contributed by atoms with van der Waals surface area (Å²) in [5.74, 6) is -0.0797. The van der Waals surface area contributed by atoms with Crippen molar-refractivity contribution in [1.29, 1.82) is 0 Å². The van der Waals surface area contributed by atoms with E-state index in [1.54, 1.807) is 4.90 Å². The Hall–Kier alpha value is -1.26. The predicted octanol–water partition coefficient (Wildman–Crippen LogP) is 1.02. The predicted molar refractivity (Wildman–Crippen MR) is 79.2 cm³/mol. The molecule has 19 heavy (non-hydrogen) atoms. The van der Waals surface area contributed by atoms with Crippen LogP contribution >= 0.6 is 11.6 Å². The summed E-state index contributed by atoms with van der Waals surface area (Å²) in [4.78, 5) is 15.0. The number of rotatable bonds is 3. The Bertz CT molecular complexity index is 456. The molecule has 0 aromatic heterocycles. The van der Waals surface area contributed by atoms with Gasteiger partial charge in [0.15, 0.2) is 0 Å². The highest BCUT2D eigenvalue weighted by atomic mass is 35.5. The van der Waals surface area contributed by atoms with Crippen LogP contribution in [0, 0.1) is 0 Å². The van der Waals surface area contributed by atoms with Crippen molar-refractivity contribution < 1.29 is 9.69 Å². The standard InChI is InChI=1S/C14H20ClN3O/c1-3-17-6-8-18(9-7-17)14-5-4-12(10-13(14)15)16-11(2)19/h4-5,10H,3,6-9H2,1-2H3,(H,16,19)/p+1. The molecule has 5 heteroatoms. The summed E-state index contributed by atoms with van der Waals surface area (Å²) in [5, 5.41) is 3.45. The van der Waals surface area contributed by atoms with Gasteiger partial charge >= 0.3 is 0 Å². The highest BCUT2D eigenvalue weighted by molar-refractivity contribution is 6.33. The summed E-state index contributed by atoms with van der Waals surface area (Å²) >= 11 is 6.32. The second kappa shape index (κ2) is 6.26. The molecule has 0 atom stereocenters. The summed E-state index contributed by atoms with van der Waals surface area (Å²) in [7, 11) is 0. The Morgan fingerprint density at radius 3 is 2.63 bits per heavy atom. The molecule has 1 aliphatic heterocycles. The van der Waals surface area contributed by atoms with E-state index in [0.29, 0.717) is 5.02 Å². The number of halogens is 1. The van der Waals surface area contributed by atoms with Gasteiger partial charge in [0.05, 0.1) is 43.4 Å². The lowest BCUT2D eigenvalue weighted by Gasteiger charge is -2.33. The molecular weight excluding hydrogens is 262 g/mol. The number of nitrogens with one attached hydrogen (secondary N) is 2. The van der Waals surface area contributed by atoms with E-state index in [2.05, 4.69) is 17.1 Å². The van der Waals surface area contributed by atoms with Crippen molar-refractivity contribution in [2.75, 3.05) is 42.9 Å². The lowest BCUT2D eigenvalue weighted by atomic mass is 10.2. The molecule has 1 heterocycles. The molecule has 0 aliphatic carbocycles. The monoisotopic (exact) mass is 282 g/mol. The summed E-state index contributed by atoms with van der Waals surface area (Å²) in [5.41, 5.74) is 1.81. The number of piperazine rings is 1. The van der Waals surface area contributed by atoms with Gasteiger partial charge in [0.1, 0.15) is 0 Å². The van der Waals surface area contributed by atoms with Crippen molar-refractivity contribution in [2.45, 2.75) is 13.8 Å². The lowest BCUT2D eigenvalue weighted by Crippen LogP contribution is -3.14. The fraction of sp³-hybridized carbons (Fsp3) is 0.500. The lowest BCUT2D eigenvalue weighted by molar-refractivity contribution is -0.898. The van der Waals surface area contributed by atoms with Gasteiger partial charge in [0.2, 0.25) is 5.91 Å². The second-order valence-corrected chi connectivity index (χ2v) is 5.35. The average Bonchev–Trinajstić information content (AvgIpc) is 2.38. The van der Waals surface area contributed by atoms with E-state index >= 15 is 0 Å². The zero-order valence-corrected chi connectivity index (χ0v) is 12.3. The number of amides is 1. The first kappa shape index (κ1) is 14.2. The molecule has 2 rings (SSSR count). The van der Waals surface area contributed by atoms with E-state index < -0.39 is 0 Å². The van der Waals surface area contributed by atoms with Crippen LogP contribution in [0.2, 0.25) is 5.02 Å². The summed E-state index contributed by atoms with van der Waals surface area (Å²) in [6.45, 7) is 9.27. The van der Waals surface area contributed by atoms with Crippen LogP contribution in [0.5, 0.6) is 0 Å². The number of carbonyl (C=O) groups excluding carboxylic acids is 1. The molecule has 4 nitrogen and oxygen atoms in total. The molecule has 0 saturated carbocycles. The van der Waals surface area contributed by atoms with Crippen molar-refractivity contribution in [3.63, 3.8) is 0 Å². The minimum Gasteiger partial charge on any atom is -0.359 e. The van der Waals surface area contributed by atoms with Crippen molar-refractivity contribution >= 4 is 28.9 Å². The van der Waals surface area contributed by atoms with E-state index in [0.717, 1.165) is 37.6 Å². The Morgan fingerprint density at radius 1 is 1.42 bits per heavy atom. The minimum absolute atomic E-state index is 0.0797. The normalized spacial score (nSPS) is 16.5. The van der Waals surface area contributed by atoms with Gasteiger partial charge in [-0.2, -0.15) is 0 Å². The first-order chi connectivity index (χ1) is 9.10. The van der Waals surface area contributed by atoms with Crippen molar-refractivity contribution in [3.8, 4) is 0 Å². The molecule has 0 spiro atoms. The third kappa shape index (κ3) is 3.61. The smallest absolute Gasteiger partial charge is 0.221 e. The zero-order chi connectivity index (χ0) is 13.8. The van der Waals surface area contributed by atoms with Gasteiger partial charge < -0.3 is 15.1 Å². The minimum atomic E-state index is -0.0797. The van der Waals surface area contributed by atoms with Crippen LogP contribution in [0.15, 0.2) is 18.2 Å². The molecule has 0 radical (unpaired) electrons. The Labute approximate surface area is 119 Å². The summed E-state index contributed by atoms with van der Waals surface area (Å²) in [6.07, 6.45) is 0. The largest absolute Gasteiger partial charge is 0.359 e. The van der Waals surface area contributed by atoms with Crippen LogP contribution in [0.4, 0.5) is 11.4 Å². The number of anilines is 2. The summed E-state index contributed by atoms with van der Waals surface area (Å²) in [6, 6.07) is 5.71. The van der Waals surface area contributed by atoms with Crippen LogP contribution in [0.1, 0.15) is 13.8 Å². The Morgan fingerprint density at radius 2 is 2.11 bits per heavy atom. The van der Waals surface area contributed by atoms with E-state index in [1.165, 1.54) is 13.5 Å². The molecule has 104 valence electrons. The zero-order valence-electron chi connectivity index (χ0n) is 11.5. The topological polar surface area (TPSA) is 36.8 Å². The van der Waals surface area contributed by atoms with Crippen molar-refractivity contribution in [2.24, 2.45) is 0 Å². The fourth-order valence-corrected chi connectivity index (χ4v) is 2.76. The molecule has 1 saturated heterocycles. The maximum atomic E-state index is 11.0. The highest BCUT2D eigenvalue weighted by Crippen LogP contribution is 2.28. The molecule has 1 aromatic carbocycles. The maximum Gasteiger partial charge on any atom is 0.221 e. The van der Waals surface area contributed by atoms with Gasteiger partial charge in [0, 0.05) is 12.6 Å². The maximum absolute atomic E-state index is 11.0. The van der Waals surface area contributed by atoms with Crippen molar-refractivity contribution in [3.05, 3.63) is 23.2 Å². The van der Waals surface area contributed by atoms with Gasteiger partial charge in [-0.25, -0.2) is 0 Å². The highest BCUT2D eigenvalue weighted by Gasteiger charge is 2.20. The molecule has 1 aliphatic rings. The molecule has 0 bridgehead atoms. The quantitative estimate of drug-likeness (QED) is 0.869. The van der Waals surface area contributed by atoms with Gasteiger partial charge in [0.25, 0.3) is 0 Å². The first-order valence-corrected chi connectivity index (χ1v) is 7.13. The first-order valence-electron chi connectivity index (χ1n) is 6.75. The molecule has 1 aromatic rings. The number of benzene rings is 1. The number of hydrogen-bond acceptors (Lipinski definition) is 2. The van der Waals surface area contributed by atoms with E-state index in [9.17, 15) is 4.79 Å². The van der Waals surface area contributed by atoms with Gasteiger partial charge in [-0.05, 0) is 25.1 Å². The number of likely N-dealkylation sites (N-methyl/N-ethyl adjacent to an activating group) is 1. The Balaban J connectivity index is 2.07. The summed E-state index contributed by atoms with van der Waals surface area (Å²) < 4.78 is 0. The van der Waals surface area contributed by atoms with E-state index in [4.69, 9.17) is 11.6 Å². The number of quaternary nitrogens is 1. The molecule has 1 fully saturated rings. The van der Waals surface area contributed by atoms with Crippen LogP contribution < -0.4 is 15.1 Å². The van der Waals surface area contributed by atoms with Crippen LogP contribution in [0.25, 0.3) is 0 Å². The molecule has 2 N–H and O–H groups in total. The van der Waals surface area contributed by atoms with Gasteiger partial charge in [-0.1, -0.05) is 11.6 Å². The van der Waals surface area contributed by atoms with Gasteiger partial charge in [-0.3, -0.25) is 4.79 Å². The number of hydrogen-bond donors (Lipinski definition) is 2. The van der Waals surface area contributed by atoms with Crippen LogP contribution in [-0.2, 0) is 4.79 Å². The third-order valence-corrected chi connectivity index (χ3v) is 3.88. The van der Waals surface area contributed by atoms with E-state index in [-0.39, 0.29) is 5.91 Å². The average molecular weight is 283 g/mol. The fourth-order valence-electron chi connectivity index (χ4n) is 2.46. The molecule has 0 unspecified atom stereocenters. The van der Waals surface area contributed by atoms with Crippen molar-refractivity contribution in [1.82, 2.24) is 0 Å². The Kier molecular flexibility index (Phi) is 4.66. The van der Waals surface area contributed by atoms with E-state index in [1.807, 2.05) is 18.2 Å². The molecular formula is C14H21ClN3O+. The molecule has 1 amide bonds. The van der Waals surface area contributed by atoms with Crippen LogP contribution in [-0.4, -0.2) is 38.6 Å². The second-order valence-electron chi connectivity index (χ2n) is 4.94. The SMILES string of the molecule is CC[NH+]1CCN(c2ccc(NC(C)=O)cc2Cl)CC1. The number of nitrogens with zero attached hydrogens (tertiary/aromatic N) is 1. The van der Waals surface area contributed by atoms with Crippen LogP contribution in [0.3, 0.4) is 0 Å². The number of carbonyl (C=O) groups is 1. The third-order valence-electron chi connectivity index (χ3n) is 3.58. The van der Waals surface area contributed by atoms with Gasteiger partial charge in [-0.15, -0.1) is 0 Å².